The van der Waals surface area contributed by atoms with Crippen molar-refractivity contribution in [2.45, 2.75) is 39.5 Å². The maximum Gasteiger partial charge on any atom is 0.228 e. The third-order valence-corrected chi connectivity index (χ3v) is 3.10. The number of carbonyl (C=O) groups excluding carboxylic acids is 1. The number of hydrogen-bond acceptors (Lipinski definition) is 2. The highest BCUT2D eigenvalue weighted by Crippen LogP contribution is 2.40. The van der Waals surface area contributed by atoms with Crippen LogP contribution >= 0.6 is 0 Å². The Hall–Kier alpha value is -0.570. The van der Waals surface area contributed by atoms with Gasteiger partial charge in [0, 0.05) is 6.54 Å². The Balaban J connectivity index is 2.27. The zero-order valence-corrected chi connectivity index (χ0v) is 9.18. The Bertz CT molecular complexity index is 192. The summed E-state index contributed by atoms with van der Waals surface area (Å²) in [7, 11) is 0. The van der Waals surface area contributed by atoms with E-state index in [0.717, 1.165) is 32.2 Å². The molecule has 1 amide bonds. The van der Waals surface area contributed by atoms with Gasteiger partial charge in [0.05, 0.1) is 12.0 Å². The van der Waals surface area contributed by atoms with Crippen LogP contribution in [0.5, 0.6) is 0 Å². The summed E-state index contributed by atoms with van der Waals surface area (Å²) in [6, 6.07) is 0. The zero-order valence-electron chi connectivity index (χ0n) is 9.18. The van der Waals surface area contributed by atoms with Crippen molar-refractivity contribution in [3.05, 3.63) is 0 Å². The molecule has 0 aromatic heterocycles. The minimum atomic E-state index is -0.434. The van der Waals surface area contributed by atoms with Gasteiger partial charge >= 0.3 is 0 Å². The average Bonchev–Trinajstić information content (AvgIpc) is 2.02. The van der Waals surface area contributed by atoms with Crippen LogP contribution in [0.4, 0.5) is 0 Å². The summed E-state index contributed by atoms with van der Waals surface area (Å²) in [6.07, 6.45) is 3.76. The van der Waals surface area contributed by atoms with Crippen LogP contribution in [0.3, 0.4) is 0 Å². The van der Waals surface area contributed by atoms with E-state index >= 15 is 0 Å². The molecular formula is C11H21NO2. The number of aliphatic hydroxyl groups excluding tert-OH is 1. The van der Waals surface area contributed by atoms with Gasteiger partial charge in [0.1, 0.15) is 0 Å². The molecule has 1 aliphatic rings. The summed E-state index contributed by atoms with van der Waals surface area (Å²) in [5, 5.41) is 12.1. The minimum Gasteiger partial charge on any atom is -0.395 e. The quantitative estimate of drug-likeness (QED) is 0.701. The molecule has 3 heteroatoms. The zero-order chi connectivity index (χ0) is 10.6. The fraction of sp³-hybridized carbons (Fsp3) is 0.909. The molecule has 0 aliphatic heterocycles. The highest BCUT2D eigenvalue weighted by Gasteiger charge is 2.43. The van der Waals surface area contributed by atoms with Crippen LogP contribution in [0.15, 0.2) is 0 Å². The Kier molecular flexibility index (Phi) is 3.93. The number of aliphatic hydroxyl groups is 1. The molecule has 0 aromatic rings. The molecule has 0 spiro atoms. The Morgan fingerprint density at radius 1 is 1.50 bits per heavy atom. The molecule has 0 saturated heterocycles. The second-order valence-corrected chi connectivity index (χ2v) is 4.73. The number of rotatable bonds is 5. The lowest BCUT2D eigenvalue weighted by molar-refractivity contribution is -0.139. The molecule has 2 N–H and O–H groups in total. The smallest absolute Gasteiger partial charge is 0.228 e. The van der Waals surface area contributed by atoms with Crippen LogP contribution in [0.1, 0.15) is 39.5 Å². The highest BCUT2D eigenvalue weighted by molar-refractivity contribution is 5.83. The molecule has 1 saturated carbocycles. The lowest BCUT2D eigenvalue weighted by atomic mass is 9.68. The third-order valence-electron chi connectivity index (χ3n) is 3.10. The molecule has 0 bridgehead atoms. The maximum absolute atomic E-state index is 11.7. The van der Waals surface area contributed by atoms with Crippen LogP contribution in [0.2, 0.25) is 0 Å². The van der Waals surface area contributed by atoms with E-state index < -0.39 is 5.41 Å². The van der Waals surface area contributed by atoms with Gasteiger partial charge in [-0.15, -0.1) is 0 Å². The SMILES string of the molecule is CC(C)CCNC(=O)C1(CO)CCC1. The van der Waals surface area contributed by atoms with E-state index in [0.29, 0.717) is 5.92 Å². The largest absolute Gasteiger partial charge is 0.395 e. The second kappa shape index (κ2) is 4.78. The van der Waals surface area contributed by atoms with Gasteiger partial charge in [0.15, 0.2) is 0 Å². The Labute approximate surface area is 85.9 Å². The van der Waals surface area contributed by atoms with E-state index in [1.54, 1.807) is 0 Å². The van der Waals surface area contributed by atoms with E-state index in [9.17, 15) is 4.79 Å². The van der Waals surface area contributed by atoms with E-state index in [1.807, 2.05) is 0 Å². The van der Waals surface area contributed by atoms with Crippen molar-refractivity contribution in [3.8, 4) is 0 Å². The van der Waals surface area contributed by atoms with Crippen molar-refractivity contribution in [1.82, 2.24) is 5.32 Å². The highest BCUT2D eigenvalue weighted by atomic mass is 16.3. The normalized spacial score (nSPS) is 19.1. The fourth-order valence-electron chi connectivity index (χ4n) is 1.72. The molecule has 0 atom stereocenters. The summed E-state index contributed by atoms with van der Waals surface area (Å²) in [4.78, 5) is 11.7. The van der Waals surface area contributed by atoms with Crippen LogP contribution in [-0.2, 0) is 4.79 Å². The Morgan fingerprint density at radius 2 is 2.14 bits per heavy atom. The number of amides is 1. The average molecular weight is 199 g/mol. The summed E-state index contributed by atoms with van der Waals surface area (Å²) in [5.74, 6) is 0.661. The van der Waals surface area contributed by atoms with Gasteiger partial charge < -0.3 is 10.4 Å². The number of nitrogens with one attached hydrogen (secondary N) is 1. The van der Waals surface area contributed by atoms with Crippen molar-refractivity contribution >= 4 is 5.91 Å². The molecule has 14 heavy (non-hydrogen) atoms. The fourth-order valence-corrected chi connectivity index (χ4v) is 1.72. The molecule has 0 aromatic carbocycles. The first-order valence-electron chi connectivity index (χ1n) is 5.50. The van der Waals surface area contributed by atoms with Crippen molar-refractivity contribution in [2.75, 3.05) is 13.2 Å². The maximum atomic E-state index is 11.7. The molecule has 3 nitrogen and oxygen atoms in total. The summed E-state index contributed by atoms with van der Waals surface area (Å²) >= 11 is 0. The summed E-state index contributed by atoms with van der Waals surface area (Å²) in [6.45, 7) is 5.01. The monoisotopic (exact) mass is 199 g/mol. The molecule has 1 aliphatic carbocycles. The molecule has 0 radical (unpaired) electrons. The molecule has 0 heterocycles. The van der Waals surface area contributed by atoms with E-state index in [-0.39, 0.29) is 12.5 Å². The molecule has 1 fully saturated rings. The number of hydrogen-bond donors (Lipinski definition) is 2. The van der Waals surface area contributed by atoms with Crippen LogP contribution < -0.4 is 5.32 Å². The third kappa shape index (κ3) is 2.47. The van der Waals surface area contributed by atoms with Crippen LogP contribution in [0, 0.1) is 11.3 Å². The first-order chi connectivity index (χ1) is 6.60. The number of carbonyl (C=O) groups is 1. The van der Waals surface area contributed by atoms with Gasteiger partial charge in [-0.25, -0.2) is 0 Å². The Morgan fingerprint density at radius 3 is 2.50 bits per heavy atom. The van der Waals surface area contributed by atoms with Crippen molar-refractivity contribution in [2.24, 2.45) is 11.3 Å². The van der Waals surface area contributed by atoms with Crippen LogP contribution in [-0.4, -0.2) is 24.2 Å². The molecule has 1 rings (SSSR count). The molecular weight excluding hydrogens is 178 g/mol. The van der Waals surface area contributed by atoms with Crippen LogP contribution in [0.25, 0.3) is 0 Å². The summed E-state index contributed by atoms with van der Waals surface area (Å²) < 4.78 is 0. The first-order valence-corrected chi connectivity index (χ1v) is 5.50. The minimum absolute atomic E-state index is 0.000508. The van der Waals surface area contributed by atoms with Gasteiger partial charge in [-0.2, -0.15) is 0 Å². The van der Waals surface area contributed by atoms with Gasteiger partial charge in [0.25, 0.3) is 0 Å². The van der Waals surface area contributed by atoms with E-state index in [1.165, 1.54) is 0 Å². The van der Waals surface area contributed by atoms with Gasteiger partial charge in [0.2, 0.25) is 5.91 Å². The standard InChI is InChI=1S/C11H21NO2/c1-9(2)4-7-12-10(14)11(8-13)5-3-6-11/h9,13H,3-8H2,1-2H3,(H,12,14). The van der Waals surface area contributed by atoms with Gasteiger partial charge in [-0.1, -0.05) is 20.3 Å². The molecule has 0 unspecified atom stereocenters. The predicted molar refractivity (Wildman–Crippen MR) is 55.8 cm³/mol. The summed E-state index contributed by atoms with van der Waals surface area (Å²) in [5.41, 5.74) is -0.434. The lowest BCUT2D eigenvalue weighted by Gasteiger charge is -2.38. The van der Waals surface area contributed by atoms with E-state index in [2.05, 4.69) is 19.2 Å². The topological polar surface area (TPSA) is 49.3 Å². The molecule has 82 valence electrons. The second-order valence-electron chi connectivity index (χ2n) is 4.73. The predicted octanol–water partition coefficient (Wildman–Crippen LogP) is 1.31. The van der Waals surface area contributed by atoms with Gasteiger partial charge in [-0.3, -0.25) is 4.79 Å². The van der Waals surface area contributed by atoms with Crippen molar-refractivity contribution in [3.63, 3.8) is 0 Å². The van der Waals surface area contributed by atoms with Crippen molar-refractivity contribution in [1.29, 1.82) is 0 Å². The lowest BCUT2D eigenvalue weighted by Crippen LogP contribution is -2.48. The first kappa shape index (κ1) is 11.5. The van der Waals surface area contributed by atoms with Crippen molar-refractivity contribution < 1.29 is 9.90 Å². The van der Waals surface area contributed by atoms with Gasteiger partial charge in [-0.05, 0) is 25.2 Å². The van der Waals surface area contributed by atoms with E-state index in [4.69, 9.17) is 5.11 Å².